The summed E-state index contributed by atoms with van der Waals surface area (Å²) in [5.41, 5.74) is 1.39. The van der Waals surface area contributed by atoms with E-state index in [1.165, 1.54) is 24.3 Å². The fourth-order valence-corrected chi connectivity index (χ4v) is 1.41. The van der Waals surface area contributed by atoms with E-state index in [0.717, 1.165) is 5.69 Å². The molecular weight excluding hydrogens is 221 g/mol. The van der Waals surface area contributed by atoms with Gasteiger partial charge in [0.15, 0.2) is 0 Å². The largest absolute Gasteiger partial charge is 0.457 e. The molecule has 0 saturated heterocycles. The number of halogens is 1. The molecular formula is C13H12FNO2. The van der Waals surface area contributed by atoms with E-state index in [1.54, 1.807) is 12.3 Å². The van der Waals surface area contributed by atoms with Crippen LogP contribution in [0.15, 0.2) is 36.5 Å². The lowest BCUT2D eigenvalue weighted by molar-refractivity contribution is 0.276. The maximum absolute atomic E-state index is 12.7. The van der Waals surface area contributed by atoms with E-state index in [9.17, 15) is 4.39 Å². The molecule has 2 rings (SSSR count). The summed E-state index contributed by atoms with van der Waals surface area (Å²) in [4.78, 5) is 4.07. The second-order valence-electron chi connectivity index (χ2n) is 3.65. The van der Waals surface area contributed by atoms with Crippen molar-refractivity contribution in [2.75, 3.05) is 0 Å². The van der Waals surface area contributed by atoms with Crippen molar-refractivity contribution >= 4 is 0 Å². The molecule has 0 aliphatic rings. The minimum Gasteiger partial charge on any atom is -0.457 e. The quantitative estimate of drug-likeness (QED) is 0.886. The second-order valence-corrected chi connectivity index (χ2v) is 3.65. The molecule has 0 atom stereocenters. The summed E-state index contributed by atoms with van der Waals surface area (Å²) in [7, 11) is 0. The van der Waals surface area contributed by atoms with Gasteiger partial charge in [-0.15, -0.1) is 0 Å². The van der Waals surface area contributed by atoms with Crippen LogP contribution in [0.4, 0.5) is 4.39 Å². The predicted molar refractivity (Wildman–Crippen MR) is 61.4 cm³/mol. The lowest BCUT2D eigenvalue weighted by Gasteiger charge is -2.09. The molecule has 0 saturated carbocycles. The summed E-state index contributed by atoms with van der Waals surface area (Å²) in [5.74, 6) is 0.740. The average molecular weight is 233 g/mol. The third-order valence-corrected chi connectivity index (χ3v) is 2.29. The molecule has 1 N–H and O–H groups in total. The van der Waals surface area contributed by atoms with Crippen LogP contribution in [0.25, 0.3) is 0 Å². The zero-order chi connectivity index (χ0) is 12.3. The summed E-state index contributed by atoms with van der Waals surface area (Å²) < 4.78 is 18.3. The molecule has 4 heteroatoms. The van der Waals surface area contributed by atoms with Crippen LogP contribution in [-0.4, -0.2) is 10.1 Å². The van der Waals surface area contributed by atoms with Crippen molar-refractivity contribution < 1.29 is 14.2 Å². The first kappa shape index (κ1) is 11.5. The summed E-state index contributed by atoms with van der Waals surface area (Å²) in [6.45, 7) is 1.68. The normalized spacial score (nSPS) is 10.3. The number of hydrogen-bond acceptors (Lipinski definition) is 3. The van der Waals surface area contributed by atoms with Crippen molar-refractivity contribution in [2.45, 2.75) is 13.5 Å². The van der Waals surface area contributed by atoms with E-state index in [4.69, 9.17) is 9.84 Å². The zero-order valence-corrected chi connectivity index (χ0v) is 9.35. The molecule has 2 aromatic rings. The molecule has 1 heterocycles. The van der Waals surface area contributed by atoms with Gasteiger partial charge in [-0.1, -0.05) is 0 Å². The van der Waals surface area contributed by atoms with Crippen molar-refractivity contribution in [2.24, 2.45) is 0 Å². The summed E-state index contributed by atoms with van der Waals surface area (Å²) in [6, 6.07) is 7.44. The van der Waals surface area contributed by atoms with Crippen LogP contribution in [0, 0.1) is 12.7 Å². The Labute approximate surface area is 98.5 Å². The van der Waals surface area contributed by atoms with Crippen LogP contribution in [0.1, 0.15) is 11.3 Å². The standard InChI is InChI=1S/C13H12FNO2/c1-9-6-13(10(8-16)7-15-9)17-12-4-2-11(14)3-5-12/h2-7,16H,8H2,1H3. The lowest BCUT2D eigenvalue weighted by Crippen LogP contribution is -1.94. The first-order valence-corrected chi connectivity index (χ1v) is 5.19. The van der Waals surface area contributed by atoms with Gasteiger partial charge in [-0.25, -0.2) is 4.39 Å². The number of hydrogen-bond donors (Lipinski definition) is 1. The van der Waals surface area contributed by atoms with Crippen LogP contribution in [0.2, 0.25) is 0 Å². The van der Waals surface area contributed by atoms with Gasteiger partial charge in [0, 0.05) is 23.5 Å². The van der Waals surface area contributed by atoms with Crippen LogP contribution in [0.3, 0.4) is 0 Å². The fourth-order valence-electron chi connectivity index (χ4n) is 1.41. The molecule has 88 valence electrons. The number of rotatable bonds is 3. The van der Waals surface area contributed by atoms with Gasteiger partial charge in [0.2, 0.25) is 0 Å². The van der Waals surface area contributed by atoms with Crippen molar-refractivity contribution in [1.29, 1.82) is 0 Å². The molecule has 0 bridgehead atoms. The highest BCUT2D eigenvalue weighted by Crippen LogP contribution is 2.25. The Balaban J connectivity index is 2.28. The molecule has 0 aliphatic carbocycles. The van der Waals surface area contributed by atoms with Crippen molar-refractivity contribution in [3.8, 4) is 11.5 Å². The minimum absolute atomic E-state index is 0.149. The van der Waals surface area contributed by atoms with E-state index in [1.807, 2.05) is 6.92 Å². The summed E-state index contributed by atoms with van der Waals surface area (Å²) in [6.07, 6.45) is 1.56. The lowest BCUT2D eigenvalue weighted by atomic mass is 10.2. The Bertz CT molecular complexity index is 511. The molecule has 0 aliphatic heterocycles. The van der Waals surface area contributed by atoms with Crippen LogP contribution in [-0.2, 0) is 6.61 Å². The van der Waals surface area contributed by atoms with Crippen LogP contribution < -0.4 is 4.74 Å². The molecule has 3 nitrogen and oxygen atoms in total. The van der Waals surface area contributed by atoms with Crippen LogP contribution in [0.5, 0.6) is 11.5 Å². The van der Waals surface area contributed by atoms with Gasteiger partial charge in [-0.05, 0) is 31.2 Å². The van der Waals surface area contributed by atoms with Gasteiger partial charge in [-0.3, -0.25) is 4.98 Å². The van der Waals surface area contributed by atoms with Gasteiger partial charge >= 0.3 is 0 Å². The fraction of sp³-hybridized carbons (Fsp3) is 0.154. The number of aromatic nitrogens is 1. The summed E-state index contributed by atoms with van der Waals surface area (Å²) in [5, 5.41) is 9.15. The number of pyridine rings is 1. The molecule has 0 radical (unpaired) electrons. The maximum atomic E-state index is 12.7. The highest BCUT2D eigenvalue weighted by atomic mass is 19.1. The van der Waals surface area contributed by atoms with E-state index in [2.05, 4.69) is 4.98 Å². The van der Waals surface area contributed by atoms with Gasteiger partial charge in [-0.2, -0.15) is 0 Å². The number of aryl methyl sites for hydroxylation is 1. The Kier molecular flexibility index (Phi) is 3.35. The van der Waals surface area contributed by atoms with Gasteiger partial charge in [0.1, 0.15) is 17.3 Å². The SMILES string of the molecule is Cc1cc(Oc2ccc(F)cc2)c(CO)cn1. The predicted octanol–water partition coefficient (Wildman–Crippen LogP) is 2.81. The van der Waals surface area contributed by atoms with E-state index < -0.39 is 0 Å². The van der Waals surface area contributed by atoms with Crippen molar-refractivity contribution in [1.82, 2.24) is 4.98 Å². The Hall–Kier alpha value is -1.94. The Morgan fingerprint density at radius 2 is 2.00 bits per heavy atom. The second kappa shape index (κ2) is 4.93. The minimum atomic E-state index is -0.314. The molecule has 17 heavy (non-hydrogen) atoms. The van der Waals surface area contributed by atoms with Gasteiger partial charge < -0.3 is 9.84 Å². The molecule has 0 unspecified atom stereocenters. The van der Waals surface area contributed by atoms with E-state index in [0.29, 0.717) is 17.1 Å². The van der Waals surface area contributed by atoms with E-state index in [-0.39, 0.29) is 12.4 Å². The van der Waals surface area contributed by atoms with E-state index >= 15 is 0 Å². The number of aliphatic hydroxyl groups excluding tert-OH is 1. The number of aliphatic hydroxyl groups is 1. The topological polar surface area (TPSA) is 42.4 Å². The third kappa shape index (κ3) is 2.79. The first-order valence-electron chi connectivity index (χ1n) is 5.19. The van der Waals surface area contributed by atoms with Crippen molar-refractivity contribution in [3.63, 3.8) is 0 Å². The summed E-state index contributed by atoms with van der Waals surface area (Å²) >= 11 is 0. The molecule has 0 fully saturated rings. The highest BCUT2D eigenvalue weighted by Gasteiger charge is 2.05. The first-order chi connectivity index (χ1) is 8.19. The Morgan fingerprint density at radius 3 is 2.65 bits per heavy atom. The van der Waals surface area contributed by atoms with Crippen molar-refractivity contribution in [3.05, 3.63) is 53.6 Å². The molecule has 0 amide bonds. The maximum Gasteiger partial charge on any atom is 0.136 e. The Morgan fingerprint density at radius 1 is 1.29 bits per heavy atom. The number of benzene rings is 1. The number of ether oxygens (including phenoxy) is 1. The smallest absolute Gasteiger partial charge is 0.136 e. The molecule has 1 aromatic heterocycles. The average Bonchev–Trinajstić information content (AvgIpc) is 2.32. The van der Waals surface area contributed by atoms with Gasteiger partial charge in [0.25, 0.3) is 0 Å². The number of nitrogens with zero attached hydrogens (tertiary/aromatic N) is 1. The van der Waals surface area contributed by atoms with Crippen LogP contribution >= 0.6 is 0 Å². The molecule has 1 aromatic carbocycles. The molecule has 0 spiro atoms. The van der Waals surface area contributed by atoms with Gasteiger partial charge in [0.05, 0.1) is 6.61 Å². The monoisotopic (exact) mass is 233 g/mol. The highest BCUT2D eigenvalue weighted by molar-refractivity contribution is 5.37. The third-order valence-electron chi connectivity index (χ3n) is 2.29. The zero-order valence-electron chi connectivity index (χ0n) is 9.35.